The molecule has 0 atom stereocenters. The van der Waals surface area contributed by atoms with Crippen molar-refractivity contribution < 1.29 is 9.60 Å². The molecule has 0 amide bonds. The quantitative estimate of drug-likeness (QED) is 0.382. The molecule has 0 aliphatic carbocycles. The van der Waals surface area contributed by atoms with E-state index in [1.54, 1.807) is 24.5 Å². The number of nitrogens with two attached hydrogens (primary N) is 1. The van der Waals surface area contributed by atoms with E-state index in [4.69, 9.17) is 10.9 Å². The number of hydrogen-bond donors (Lipinski definition) is 2. The van der Waals surface area contributed by atoms with Crippen molar-refractivity contribution in [2.75, 3.05) is 0 Å². The van der Waals surface area contributed by atoms with Gasteiger partial charge in [-0.05, 0) is 18.2 Å². The smallest absolute Gasteiger partial charge is 0.170 e. The maximum absolute atomic E-state index is 13.8. The van der Waals surface area contributed by atoms with Crippen LogP contribution in [-0.4, -0.2) is 21.0 Å². The van der Waals surface area contributed by atoms with Crippen molar-refractivity contribution >= 4 is 17.6 Å². The lowest BCUT2D eigenvalue weighted by Gasteiger charge is -2.04. The Bertz CT molecular complexity index is 577. The molecule has 92 valence electrons. The summed E-state index contributed by atoms with van der Waals surface area (Å²) in [6.45, 7) is 0. The molecule has 0 saturated heterocycles. The molecule has 0 aliphatic rings. The van der Waals surface area contributed by atoms with Crippen molar-refractivity contribution in [3.63, 3.8) is 0 Å². The first-order chi connectivity index (χ1) is 8.70. The van der Waals surface area contributed by atoms with Crippen LogP contribution in [0.1, 0.15) is 5.56 Å². The number of benzene rings is 1. The highest BCUT2D eigenvalue weighted by molar-refractivity contribution is 7.99. The average Bonchev–Trinajstić information content (AvgIpc) is 2.41. The zero-order valence-electron chi connectivity index (χ0n) is 9.12. The van der Waals surface area contributed by atoms with Crippen LogP contribution in [0.25, 0.3) is 0 Å². The van der Waals surface area contributed by atoms with Crippen molar-refractivity contribution in [3.8, 4) is 0 Å². The Balaban J connectivity index is 2.26. The van der Waals surface area contributed by atoms with Crippen molar-refractivity contribution in [2.45, 2.75) is 9.92 Å². The van der Waals surface area contributed by atoms with Crippen molar-refractivity contribution in [1.29, 1.82) is 0 Å². The molecule has 0 aliphatic heterocycles. The van der Waals surface area contributed by atoms with Crippen LogP contribution in [0.15, 0.2) is 51.9 Å². The van der Waals surface area contributed by atoms with Crippen LogP contribution in [0.3, 0.4) is 0 Å². The number of nitrogens with zero attached hydrogens (tertiary/aromatic N) is 3. The van der Waals surface area contributed by atoms with Gasteiger partial charge in [0.25, 0.3) is 0 Å². The summed E-state index contributed by atoms with van der Waals surface area (Å²) < 4.78 is 13.8. The summed E-state index contributed by atoms with van der Waals surface area (Å²) in [5.41, 5.74) is 5.69. The summed E-state index contributed by atoms with van der Waals surface area (Å²) in [6, 6.07) is 4.31. The Morgan fingerprint density at radius 3 is 2.83 bits per heavy atom. The van der Waals surface area contributed by atoms with Gasteiger partial charge in [0.2, 0.25) is 0 Å². The molecule has 18 heavy (non-hydrogen) atoms. The van der Waals surface area contributed by atoms with Crippen LogP contribution >= 0.6 is 11.8 Å². The lowest BCUT2D eigenvalue weighted by atomic mass is 10.2. The van der Waals surface area contributed by atoms with Crippen LogP contribution in [0.5, 0.6) is 0 Å². The predicted molar refractivity (Wildman–Crippen MR) is 65.1 cm³/mol. The van der Waals surface area contributed by atoms with E-state index in [2.05, 4.69) is 15.1 Å². The number of halogens is 1. The Hall–Kier alpha value is -2.15. The SMILES string of the molecule is N/C(=N/O)c1ccc(Sc2cnccn2)c(F)c1. The molecule has 0 fully saturated rings. The largest absolute Gasteiger partial charge is 0.409 e. The molecule has 0 bridgehead atoms. The molecule has 0 radical (unpaired) electrons. The van der Waals surface area contributed by atoms with E-state index in [-0.39, 0.29) is 5.84 Å². The van der Waals surface area contributed by atoms with Crippen LogP contribution in [0.4, 0.5) is 4.39 Å². The van der Waals surface area contributed by atoms with E-state index >= 15 is 0 Å². The van der Waals surface area contributed by atoms with Gasteiger partial charge in [-0.15, -0.1) is 0 Å². The van der Waals surface area contributed by atoms with Gasteiger partial charge in [0, 0.05) is 22.9 Å². The highest BCUT2D eigenvalue weighted by Crippen LogP contribution is 2.28. The van der Waals surface area contributed by atoms with Crippen molar-refractivity contribution in [1.82, 2.24) is 9.97 Å². The lowest BCUT2D eigenvalue weighted by Crippen LogP contribution is -2.13. The molecule has 7 heteroatoms. The third-order valence-corrected chi connectivity index (χ3v) is 3.06. The minimum absolute atomic E-state index is 0.134. The zero-order chi connectivity index (χ0) is 13.0. The molecule has 0 saturated carbocycles. The number of aromatic nitrogens is 2. The van der Waals surface area contributed by atoms with E-state index in [9.17, 15) is 4.39 Å². The monoisotopic (exact) mass is 264 g/mol. The molecular formula is C11H9FN4OS. The second-order valence-electron chi connectivity index (χ2n) is 3.28. The maximum Gasteiger partial charge on any atom is 0.170 e. The van der Waals surface area contributed by atoms with Gasteiger partial charge in [0.15, 0.2) is 5.84 Å². The fourth-order valence-electron chi connectivity index (χ4n) is 1.25. The zero-order valence-corrected chi connectivity index (χ0v) is 9.93. The third kappa shape index (κ3) is 2.75. The molecular weight excluding hydrogens is 255 g/mol. The molecule has 2 rings (SSSR count). The highest BCUT2D eigenvalue weighted by atomic mass is 32.2. The van der Waals surface area contributed by atoms with Crippen LogP contribution < -0.4 is 5.73 Å². The molecule has 0 unspecified atom stereocenters. The Kier molecular flexibility index (Phi) is 3.73. The summed E-state index contributed by atoms with van der Waals surface area (Å²) in [7, 11) is 0. The molecule has 2 aromatic rings. The van der Waals surface area contributed by atoms with Gasteiger partial charge < -0.3 is 10.9 Å². The van der Waals surface area contributed by atoms with E-state index in [1.165, 1.54) is 12.3 Å². The lowest BCUT2D eigenvalue weighted by molar-refractivity contribution is 0.318. The molecule has 3 N–H and O–H groups in total. The highest BCUT2D eigenvalue weighted by Gasteiger charge is 2.08. The van der Waals surface area contributed by atoms with Crippen molar-refractivity contribution in [2.24, 2.45) is 10.9 Å². The van der Waals surface area contributed by atoms with Gasteiger partial charge in [-0.3, -0.25) is 4.98 Å². The number of oxime groups is 1. The average molecular weight is 264 g/mol. The minimum Gasteiger partial charge on any atom is -0.409 e. The summed E-state index contributed by atoms with van der Waals surface area (Å²) in [5.74, 6) is -0.597. The second kappa shape index (κ2) is 5.46. The van der Waals surface area contributed by atoms with E-state index in [0.29, 0.717) is 15.5 Å². The van der Waals surface area contributed by atoms with Crippen LogP contribution in [0.2, 0.25) is 0 Å². The summed E-state index contributed by atoms with van der Waals surface area (Å²) in [6.07, 6.45) is 4.62. The second-order valence-corrected chi connectivity index (χ2v) is 4.34. The standard InChI is InChI=1S/C11H9FN4OS/c12-8-5-7(11(13)16-17)1-2-9(8)18-10-6-14-3-4-15-10/h1-6,17H,(H2,13,16). The minimum atomic E-state index is -0.463. The van der Waals surface area contributed by atoms with E-state index in [1.807, 2.05) is 0 Å². The maximum atomic E-state index is 13.8. The molecule has 1 aromatic carbocycles. The number of amidine groups is 1. The van der Waals surface area contributed by atoms with Crippen molar-refractivity contribution in [3.05, 3.63) is 48.2 Å². The van der Waals surface area contributed by atoms with Gasteiger partial charge >= 0.3 is 0 Å². The predicted octanol–water partition coefficient (Wildman–Crippen LogP) is 1.86. The first-order valence-corrected chi connectivity index (χ1v) is 5.73. The summed E-state index contributed by atoms with van der Waals surface area (Å²) >= 11 is 1.15. The van der Waals surface area contributed by atoms with Crippen LogP contribution in [0, 0.1) is 5.82 Å². The number of hydrogen-bond acceptors (Lipinski definition) is 5. The summed E-state index contributed by atoms with van der Waals surface area (Å²) in [5, 5.41) is 11.9. The van der Waals surface area contributed by atoms with Gasteiger partial charge in [-0.25, -0.2) is 9.37 Å². The molecule has 1 aromatic heterocycles. The molecule has 0 spiro atoms. The molecule has 5 nitrogen and oxygen atoms in total. The number of rotatable bonds is 3. The fraction of sp³-hybridized carbons (Fsp3) is 0. The Labute approximate surface area is 107 Å². The third-order valence-electron chi connectivity index (χ3n) is 2.09. The first-order valence-electron chi connectivity index (χ1n) is 4.92. The molecule has 1 heterocycles. The Morgan fingerprint density at radius 1 is 1.39 bits per heavy atom. The Morgan fingerprint density at radius 2 is 2.22 bits per heavy atom. The van der Waals surface area contributed by atoms with Gasteiger partial charge in [0.05, 0.1) is 6.20 Å². The van der Waals surface area contributed by atoms with Crippen LogP contribution in [-0.2, 0) is 0 Å². The fourth-order valence-corrected chi connectivity index (χ4v) is 2.00. The van der Waals surface area contributed by atoms with Gasteiger partial charge in [0.1, 0.15) is 10.8 Å². The van der Waals surface area contributed by atoms with E-state index in [0.717, 1.165) is 11.8 Å². The summed E-state index contributed by atoms with van der Waals surface area (Å²) in [4.78, 5) is 8.32. The topological polar surface area (TPSA) is 84.4 Å². The van der Waals surface area contributed by atoms with E-state index < -0.39 is 5.82 Å². The van der Waals surface area contributed by atoms with Gasteiger partial charge in [-0.2, -0.15) is 0 Å². The van der Waals surface area contributed by atoms with Gasteiger partial charge in [-0.1, -0.05) is 16.9 Å². The first kappa shape index (κ1) is 12.3. The normalized spacial score (nSPS) is 11.5.